The summed E-state index contributed by atoms with van der Waals surface area (Å²) in [4.78, 5) is 43.6. The number of hydrogen-bond donors (Lipinski definition) is 2. The van der Waals surface area contributed by atoms with Crippen molar-refractivity contribution in [1.29, 1.82) is 0 Å². The summed E-state index contributed by atoms with van der Waals surface area (Å²) >= 11 is 3.44. The molecule has 4 aromatic rings. The van der Waals surface area contributed by atoms with Gasteiger partial charge in [-0.2, -0.15) is 9.78 Å². The minimum atomic E-state index is -0.855. The monoisotopic (exact) mass is 568 g/mol. The highest BCUT2D eigenvalue weighted by atomic mass is 79.9. The third-order valence-electron chi connectivity index (χ3n) is 5.51. The molecular formula is C25H25BrN6O5. The second-order valence-corrected chi connectivity index (χ2v) is 9.09. The van der Waals surface area contributed by atoms with Gasteiger partial charge in [0.15, 0.2) is 0 Å². The number of hydrogen-bond acceptors (Lipinski definition) is 7. The molecule has 2 aromatic heterocycles. The van der Waals surface area contributed by atoms with Gasteiger partial charge in [0, 0.05) is 25.5 Å². The van der Waals surface area contributed by atoms with Crippen LogP contribution in [0, 0.1) is 13.8 Å². The lowest BCUT2D eigenvalue weighted by atomic mass is 10.1. The normalized spacial score (nSPS) is 10.8. The van der Waals surface area contributed by atoms with E-state index in [1.807, 2.05) is 24.6 Å². The fourth-order valence-corrected chi connectivity index (χ4v) is 4.25. The third kappa shape index (κ3) is 5.97. The Balaban J connectivity index is 1.55. The van der Waals surface area contributed by atoms with Crippen LogP contribution < -0.4 is 26.0 Å². The Morgan fingerprint density at radius 1 is 1.16 bits per heavy atom. The first kappa shape index (κ1) is 25.9. The molecule has 0 radical (unpaired) electrons. The van der Waals surface area contributed by atoms with Gasteiger partial charge in [-0.3, -0.25) is 14.6 Å². The van der Waals surface area contributed by atoms with Gasteiger partial charge in [-0.05, 0) is 77.7 Å². The van der Waals surface area contributed by atoms with Crippen molar-refractivity contribution < 1.29 is 14.3 Å². The van der Waals surface area contributed by atoms with Crippen LogP contribution in [0.3, 0.4) is 0 Å². The number of rotatable bonds is 9. The number of benzene rings is 2. The topological polar surface area (TPSA) is 133 Å². The maximum atomic E-state index is 12.6. The molecule has 2 heterocycles. The number of methoxy groups -OCH3 is 1. The van der Waals surface area contributed by atoms with Gasteiger partial charge in [-0.15, -0.1) is 0 Å². The summed E-state index contributed by atoms with van der Waals surface area (Å²) in [6.07, 6.45) is 5.80. The van der Waals surface area contributed by atoms with Crippen molar-refractivity contribution in [3.05, 3.63) is 91.2 Å². The highest BCUT2D eigenvalue weighted by Gasteiger charge is 2.17. The molecule has 12 heteroatoms. The van der Waals surface area contributed by atoms with E-state index in [0.29, 0.717) is 42.4 Å². The van der Waals surface area contributed by atoms with Crippen LogP contribution in [0.2, 0.25) is 0 Å². The Bertz CT molecular complexity index is 1520. The number of nitrogens with one attached hydrogen (secondary N) is 2. The smallest absolute Gasteiger partial charge is 0.349 e. The molecule has 0 unspecified atom stereocenters. The van der Waals surface area contributed by atoms with Gasteiger partial charge in [0.05, 0.1) is 23.6 Å². The van der Waals surface area contributed by atoms with E-state index in [2.05, 4.69) is 36.3 Å². The highest BCUT2D eigenvalue weighted by molar-refractivity contribution is 9.10. The number of carbonyl (C=O) groups is 1. The number of aryl methyl sites for hydroxylation is 3. The number of halogens is 1. The zero-order valence-corrected chi connectivity index (χ0v) is 22.0. The maximum absolute atomic E-state index is 12.6. The lowest BCUT2D eigenvalue weighted by Crippen LogP contribution is -2.39. The number of carbonyl (C=O) groups excluding carboxylic acids is 1. The van der Waals surface area contributed by atoms with E-state index < -0.39 is 22.9 Å². The molecule has 0 bridgehead atoms. The van der Waals surface area contributed by atoms with Crippen molar-refractivity contribution in [1.82, 2.24) is 29.6 Å². The summed E-state index contributed by atoms with van der Waals surface area (Å²) in [6.45, 7) is 4.64. The quantitative estimate of drug-likeness (QED) is 0.296. The number of aromatic nitrogens is 5. The van der Waals surface area contributed by atoms with Crippen LogP contribution in [0.25, 0.3) is 5.69 Å². The Hall–Kier alpha value is -4.19. The molecule has 1 amide bonds. The van der Waals surface area contributed by atoms with E-state index in [-0.39, 0.29) is 0 Å². The molecule has 37 heavy (non-hydrogen) atoms. The van der Waals surface area contributed by atoms with E-state index in [1.165, 1.54) is 0 Å². The molecule has 0 atom stereocenters. The molecule has 0 aliphatic heterocycles. The fourth-order valence-electron chi connectivity index (χ4n) is 3.73. The van der Waals surface area contributed by atoms with Crippen LogP contribution in [0.4, 0.5) is 0 Å². The van der Waals surface area contributed by atoms with E-state index >= 15 is 0 Å². The SMILES string of the molecule is COc1ccc(Oc2c(C)cc(-n3nc(C(=O)NCCCn4ccnc4)c(=O)[nH]c3=O)cc2C)cc1Br. The van der Waals surface area contributed by atoms with Crippen LogP contribution in [0.1, 0.15) is 28.0 Å². The van der Waals surface area contributed by atoms with Crippen molar-refractivity contribution in [3.8, 4) is 22.9 Å². The maximum Gasteiger partial charge on any atom is 0.349 e. The molecule has 0 fully saturated rings. The van der Waals surface area contributed by atoms with Crippen LogP contribution in [0.5, 0.6) is 17.2 Å². The summed E-state index contributed by atoms with van der Waals surface area (Å²) in [6, 6.07) is 8.75. The van der Waals surface area contributed by atoms with E-state index in [4.69, 9.17) is 9.47 Å². The number of amides is 1. The van der Waals surface area contributed by atoms with Gasteiger partial charge in [0.1, 0.15) is 17.2 Å². The minimum Gasteiger partial charge on any atom is -0.496 e. The molecule has 2 aromatic carbocycles. The number of imidazole rings is 1. The van der Waals surface area contributed by atoms with Crippen LogP contribution in [-0.4, -0.2) is 43.9 Å². The molecule has 192 valence electrons. The van der Waals surface area contributed by atoms with Gasteiger partial charge in [-0.1, -0.05) is 0 Å². The second kappa shape index (κ2) is 11.2. The van der Waals surface area contributed by atoms with Crippen molar-refractivity contribution >= 4 is 21.8 Å². The van der Waals surface area contributed by atoms with E-state index in [0.717, 1.165) is 20.3 Å². The Labute approximate surface area is 220 Å². The third-order valence-corrected chi connectivity index (χ3v) is 6.13. The van der Waals surface area contributed by atoms with Crippen molar-refractivity contribution in [3.63, 3.8) is 0 Å². The Morgan fingerprint density at radius 2 is 1.92 bits per heavy atom. The largest absolute Gasteiger partial charge is 0.496 e. The van der Waals surface area contributed by atoms with Crippen molar-refractivity contribution in [2.45, 2.75) is 26.8 Å². The van der Waals surface area contributed by atoms with Crippen molar-refractivity contribution in [2.75, 3.05) is 13.7 Å². The average Bonchev–Trinajstić information content (AvgIpc) is 3.37. The zero-order chi connectivity index (χ0) is 26.5. The number of ether oxygens (including phenoxy) is 2. The minimum absolute atomic E-state index is 0.322. The molecular weight excluding hydrogens is 544 g/mol. The standard InChI is InChI=1S/C25H25BrN6O5/c1-15-11-17(12-16(2)22(15)37-18-5-6-20(36-3)19(26)13-18)32-25(35)29-24(34)21(30-32)23(33)28-7-4-9-31-10-8-27-14-31/h5-6,8,10-14H,4,7,9H2,1-3H3,(H,28,33)(H,29,34,35). The molecule has 11 nitrogen and oxygen atoms in total. The van der Waals surface area contributed by atoms with E-state index in [9.17, 15) is 14.4 Å². The summed E-state index contributed by atoms with van der Waals surface area (Å²) in [5, 5.41) is 6.74. The number of aromatic amines is 1. The van der Waals surface area contributed by atoms with E-state index in [1.54, 1.807) is 50.0 Å². The predicted octanol–water partition coefficient (Wildman–Crippen LogP) is 3.12. The lowest BCUT2D eigenvalue weighted by molar-refractivity contribution is 0.0944. The Morgan fingerprint density at radius 3 is 2.57 bits per heavy atom. The molecule has 2 N–H and O–H groups in total. The summed E-state index contributed by atoms with van der Waals surface area (Å²) in [7, 11) is 1.58. The summed E-state index contributed by atoms with van der Waals surface area (Å²) in [5.74, 6) is 1.21. The molecule has 4 rings (SSSR count). The van der Waals surface area contributed by atoms with Crippen molar-refractivity contribution in [2.24, 2.45) is 0 Å². The molecule has 0 spiro atoms. The second-order valence-electron chi connectivity index (χ2n) is 8.24. The van der Waals surface area contributed by atoms with Gasteiger partial charge >= 0.3 is 5.69 Å². The lowest BCUT2D eigenvalue weighted by Gasteiger charge is -2.15. The highest BCUT2D eigenvalue weighted by Crippen LogP contribution is 2.34. The first-order valence-electron chi connectivity index (χ1n) is 11.4. The molecule has 0 aliphatic carbocycles. The first-order chi connectivity index (χ1) is 17.8. The van der Waals surface area contributed by atoms with Crippen LogP contribution in [0.15, 0.2) is 63.1 Å². The van der Waals surface area contributed by atoms with Gasteiger partial charge < -0.3 is 19.4 Å². The van der Waals surface area contributed by atoms with Gasteiger partial charge in [-0.25, -0.2) is 9.78 Å². The number of H-pyrrole nitrogens is 1. The first-order valence-corrected chi connectivity index (χ1v) is 12.2. The number of nitrogens with zero attached hydrogens (tertiary/aromatic N) is 4. The van der Waals surface area contributed by atoms with Gasteiger partial charge in [0.2, 0.25) is 5.69 Å². The predicted molar refractivity (Wildman–Crippen MR) is 140 cm³/mol. The van der Waals surface area contributed by atoms with Gasteiger partial charge in [0.25, 0.3) is 11.5 Å². The fraction of sp³-hybridized carbons (Fsp3) is 0.240. The summed E-state index contributed by atoms with van der Waals surface area (Å²) in [5.41, 5.74) is -0.172. The van der Waals surface area contributed by atoms with Crippen LogP contribution >= 0.6 is 15.9 Å². The summed E-state index contributed by atoms with van der Waals surface area (Å²) < 4.78 is 15.0. The van der Waals surface area contributed by atoms with Crippen LogP contribution in [-0.2, 0) is 6.54 Å². The molecule has 0 aliphatic rings. The zero-order valence-electron chi connectivity index (χ0n) is 20.4. The molecule has 0 saturated heterocycles. The average molecular weight is 569 g/mol. The molecule has 0 saturated carbocycles. The Kier molecular flexibility index (Phi) is 7.87.